The van der Waals surface area contributed by atoms with E-state index < -0.39 is 0 Å². The fourth-order valence-electron chi connectivity index (χ4n) is 2.32. The molecule has 0 aliphatic carbocycles. The second-order valence-electron chi connectivity index (χ2n) is 5.43. The third-order valence-corrected chi connectivity index (χ3v) is 4.41. The number of rotatable bonds is 7. The molecule has 2 heterocycles. The molecule has 1 fully saturated rings. The van der Waals surface area contributed by atoms with E-state index in [1.807, 2.05) is 11.3 Å². The zero-order valence-corrected chi connectivity index (χ0v) is 13.1. The maximum absolute atomic E-state index is 5.26. The molecule has 1 aromatic heterocycles. The Morgan fingerprint density at radius 1 is 1.37 bits per heavy atom. The zero-order chi connectivity index (χ0) is 13.7. The van der Waals surface area contributed by atoms with Crippen molar-refractivity contribution >= 4 is 11.3 Å². The lowest BCUT2D eigenvalue weighted by atomic mass is 10.3. The predicted molar refractivity (Wildman–Crippen MR) is 79.3 cm³/mol. The minimum atomic E-state index is 0.500. The van der Waals surface area contributed by atoms with Gasteiger partial charge >= 0.3 is 0 Å². The van der Waals surface area contributed by atoms with E-state index in [1.165, 1.54) is 35.8 Å². The van der Waals surface area contributed by atoms with Crippen LogP contribution in [0.1, 0.15) is 42.3 Å². The number of hydrogen-bond acceptors (Lipinski definition) is 5. The van der Waals surface area contributed by atoms with Gasteiger partial charge < -0.3 is 10.1 Å². The fraction of sp³-hybridized carbons (Fsp3) is 0.786. The first-order valence-electron chi connectivity index (χ1n) is 7.11. The summed E-state index contributed by atoms with van der Waals surface area (Å²) in [5.41, 5.74) is 1.11. The maximum atomic E-state index is 5.26. The molecule has 0 radical (unpaired) electrons. The van der Waals surface area contributed by atoms with Crippen molar-refractivity contribution in [3.8, 4) is 0 Å². The van der Waals surface area contributed by atoms with Gasteiger partial charge in [0, 0.05) is 24.6 Å². The van der Waals surface area contributed by atoms with Gasteiger partial charge in [-0.25, -0.2) is 4.98 Å². The molecule has 0 spiro atoms. The van der Waals surface area contributed by atoms with Gasteiger partial charge in [0.1, 0.15) is 5.01 Å². The van der Waals surface area contributed by atoms with Crippen molar-refractivity contribution in [2.45, 2.75) is 52.4 Å². The highest BCUT2D eigenvalue weighted by molar-refractivity contribution is 7.11. The summed E-state index contributed by atoms with van der Waals surface area (Å²) in [7, 11) is 1.74. The van der Waals surface area contributed by atoms with Crippen molar-refractivity contribution in [2.75, 3.05) is 20.2 Å². The van der Waals surface area contributed by atoms with Crippen LogP contribution in [0.25, 0.3) is 0 Å². The number of methoxy groups -OCH3 is 1. The van der Waals surface area contributed by atoms with Crippen LogP contribution in [0.4, 0.5) is 0 Å². The van der Waals surface area contributed by atoms with Gasteiger partial charge in [-0.05, 0) is 25.9 Å². The van der Waals surface area contributed by atoms with Gasteiger partial charge in [0.05, 0.1) is 18.8 Å². The number of hydrogen-bond donors (Lipinski definition) is 1. The van der Waals surface area contributed by atoms with E-state index in [2.05, 4.69) is 24.1 Å². The zero-order valence-electron chi connectivity index (χ0n) is 12.2. The molecule has 0 saturated carbocycles. The molecule has 1 N–H and O–H groups in total. The highest BCUT2D eigenvalue weighted by Gasteiger charge is 2.16. The lowest BCUT2D eigenvalue weighted by molar-refractivity contribution is 0.181. The first-order chi connectivity index (χ1) is 9.19. The molecule has 0 bridgehead atoms. The van der Waals surface area contributed by atoms with Crippen LogP contribution in [0.2, 0.25) is 0 Å². The molecule has 108 valence electrons. The van der Waals surface area contributed by atoms with Gasteiger partial charge in [-0.15, -0.1) is 11.3 Å². The Morgan fingerprint density at radius 2 is 2.11 bits per heavy atom. The molecule has 5 heteroatoms. The first-order valence-corrected chi connectivity index (χ1v) is 7.93. The summed E-state index contributed by atoms with van der Waals surface area (Å²) in [4.78, 5) is 8.57. The molecular formula is C14H25N3OS. The van der Waals surface area contributed by atoms with E-state index in [0.717, 1.165) is 18.8 Å². The van der Waals surface area contributed by atoms with Crippen LogP contribution in [0.5, 0.6) is 0 Å². The van der Waals surface area contributed by atoms with Gasteiger partial charge in [-0.3, -0.25) is 4.90 Å². The Bertz CT molecular complexity index is 386. The number of ether oxygens (including phenoxy) is 1. The monoisotopic (exact) mass is 283 g/mol. The largest absolute Gasteiger partial charge is 0.378 e. The van der Waals surface area contributed by atoms with Crippen LogP contribution in [0, 0.1) is 0 Å². The Labute approximate surface area is 120 Å². The van der Waals surface area contributed by atoms with Gasteiger partial charge in [0.2, 0.25) is 0 Å². The number of nitrogens with one attached hydrogen (secondary N) is 1. The van der Waals surface area contributed by atoms with Crippen LogP contribution in [-0.4, -0.2) is 36.1 Å². The number of likely N-dealkylation sites (tertiary alicyclic amines) is 1. The summed E-state index contributed by atoms with van der Waals surface area (Å²) in [5, 5.41) is 4.70. The van der Waals surface area contributed by atoms with Gasteiger partial charge in [0.15, 0.2) is 0 Å². The average Bonchev–Trinajstić information content (AvgIpc) is 2.98. The van der Waals surface area contributed by atoms with E-state index in [1.54, 1.807) is 7.11 Å². The third-order valence-electron chi connectivity index (χ3n) is 3.33. The van der Waals surface area contributed by atoms with Crippen molar-refractivity contribution in [3.05, 3.63) is 15.6 Å². The maximum Gasteiger partial charge on any atom is 0.107 e. The van der Waals surface area contributed by atoms with E-state index >= 15 is 0 Å². The minimum absolute atomic E-state index is 0.500. The molecule has 1 saturated heterocycles. The van der Waals surface area contributed by atoms with Crippen LogP contribution >= 0.6 is 11.3 Å². The van der Waals surface area contributed by atoms with Crippen molar-refractivity contribution in [1.82, 2.24) is 15.2 Å². The van der Waals surface area contributed by atoms with Gasteiger partial charge in [0.25, 0.3) is 0 Å². The lowest BCUT2D eigenvalue weighted by Crippen LogP contribution is -2.21. The molecule has 1 aromatic rings. The summed E-state index contributed by atoms with van der Waals surface area (Å²) in [6.45, 7) is 9.30. The lowest BCUT2D eigenvalue weighted by Gasteiger charge is -2.11. The summed E-state index contributed by atoms with van der Waals surface area (Å²) in [6, 6.07) is 0.500. The minimum Gasteiger partial charge on any atom is -0.378 e. The SMILES string of the molecule is COCc1nc(CN2CCCC2)sc1CNC(C)C. The highest BCUT2D eigenvalue weighted by atomic mass is 32.1. The molecular weight excluding hydrogens is 258 g/mol. The Balaban J connectivity index is 2.00. The smallest absolute Gasteiger partial charge is 0.107 e. The molecule has 0 unspecified atom stereocenters. The summed E-state index contributed by atoms with van der Waals surface area (Å²) in [5.74, 6) is 0. The molecule has 0 aromatic carbocycles. The first kappa shape index (κ1) is 14.9. The van der Waals surface area contributed by atoms with Crippen molar-refractivity contribution in [2.24, 2.45) is 0 Å². The van der Waals surface area contributed by atoms with E-state index in [-0.39, 0.29) is 0 Å². The average molecular weight is 283 g/mol. The van der Waals surface area contributed by atoms with Crippen molar-refractivity contribution in [3.63, 3.8) is 0 Å². The summed E-state index contributed by atoms with van der Waals surface area (Å²) in [6.07, 6.45) is 2.66. The second-order valence-corrected chi connectivity index (χ2v) is 6.60. The standard InChI is InChI=1S/C14H25N3OS/c1-11(2)15-8-13-12(10-18-3)16-14(19-13)9-17-6-4-5-7-17/h11,15H,4-10H2,1-3H3. The molecule has 1 aliphatic rings. The van der Waals surface area contributed by atoms with Crippen molar-refractivity contribution < 1.29 is 4.74 Å². The predicted octanol–water partition coefficient (Wildman–Crippen LogP) is 2.38. The molecule has 19 heavy (non-hydrogen) atoms. The molecule has 2 rings (SSSR count). The highest BCUT2D eigenvalue weighted by Crippen LogP contribution is 2.22. The second kappa shape index (κ2) is 7.33. The number of aromatic nitrogens is 1. The van der Waals surface area contributed by atoms with Crippen LogP contribution < -0.4 is 5.32 Å². The Hall–Kier alpha value is -0.490. The third kappa shape index (κ3) is 4.53. The normalized spacial score (nSPS) is 16.6. The summed E-state index contributed by atoms with van der Waals surface area (Å²) >= 11 is 1.83. The van der Waals surface area contributed by atoms with Crippen molar-refractivity contribution in [1.29, 1.82) is 0 Å². The Morgan fingerprint density at radius 3 is 2.74 bits per heavy atom. The molecule has 0 atom stereocenters. The fourth-order valence-corrected chi connectivity index (χ4v) is 3.39. The van der Waals surface area contributed by atoms with E-state index in [9.17, 15) is 0 Å². The summed E-state index contributed by atoms with van der Waals surface area (Å²) < 4.78 is 5.26. The van der Waals surface area contributed by atoms with E-state index in [0.29, 0.717) is 12.6 Å². The van der Waals surface area contributed by atoms with Crippen LogP contribution in [0.3, 0.4) is 0 Å². The topological polar surface area (TPSA) is 37.4 Å². The molecule has 0 amide bonds. The van der Waals surface area contributed by atoms with Crippen LogP contribution in [-0.2, 0) is 24.4 Å². The van der Waals surface area contributed by atoms with Crippen LogP contribution in [0.15, 0.2) is 0 Å². The quantitative estimate of drug-likeness (QED) is 0.834. The number of thiazole rings is 1. The van der Waals surface area contributed by atoms with E-state index in [4.69, 9.17) is 9.72 Å². The molecule has 4 nitrogen and oxygen atoms in total. The number of nitrogens with zero attached hydrogens (tertiary/aromatic N) is 2. The van der Waals surface area contributed by atoms with Gasteiger partial charge in [-0.2, -0.15) is 0 Å². The Kier molecular flexibility index (Phi) is 5.76. The molecule has 1 aliphatic heterocycles. The van der Waals surface area contributed by atoms with Gasteiger partial charge in [-0.1, -0.05) is 13.8 Å².